The van der Waals surface area contributed by atoms with Crippen LogP contribution >= 0.6 is 0 Å². The first kappa shape index (κ1) is 21.8. The number of rotatable bonds is 6. The molecule has 7 heteroatoms. The Morgan fingerprint density at radius 3 is 2.61 bits per heavy atom. The normalized spacial score (nSPS) is 27.5. The second-order valence-electron chi connectivity index (χ2n) is 9.59. The summed E-state index contributed by atoms with van der Waals surface area (Å²) in [6, 6.07) is 5.42. The Morgan fingerprint density at radius 1 is 1.16 bits per heavy atom. The molecule has 1 aliphatic carbocycles. The number of hydrogen-bond acceptors (Lipinski definition) is 5. The molecule has 2 aliphatic heterocycles. The van der Waals surface area contributed by atoms with E-state index in [-0.39, 0.29) is 17.7 Å². The highest BCUT2D eigenvalue weighted by atomic mass is 16.2. The average Bonchev–Trinajstić information content (AvgIpc) is 3.02. The SMILES string of the molecule is CN1C(=O)[C@](CCC2CCCCC2)(C[C@H]2CCCN(C(=O)c3ccccn3)C2)N=C1N. The number of hydrogen-bond donors (Lipinski definition) is 1. The number of likely N-dealkylation sites (N-methyl/N-ethyl adjacent to an activating group) is 1. The largest absolute Gasteiger partial charge is 0.369 e. The topological polar surface area (TPSA) is 91.9 Å². The highest BCUT2D eigenvalue weighted by molar-refractivity contribution is 6.06. The van der Waals surface area contributed by atoms with Gasteiger partial charge in [0, 0.05) is 26.3 Å². The van der Waals surface area contributed by atoms with E-state index >= 15 is 0 Å². The average molecular weight is 426 g/mol. The van der Waals surface area contributed by atoms with Gasteiger partial charge in [0.25, 0.3) is 11.8 Å². The number of carbonyl (C=O) groups excluding carboxylic acids is 2. The highest BCUT2D eigenvalue weighted by Gasteiger charge is 2.48. The maximum absolute atomic E-state index is 13.3. The third-order valence-electron chi connectivity index (χ3n) is 7.38. The molecule has 3 heterocycles. The second kappa shape index (κ2) is 9.37. The van der Waals surface area contributed by atoms with E-state index in [2.05, 4.69) is 4.98 Å². The predicted molar refractivity (Wildman–Crippen MR) is 120 cm³/mol. The molecule has 0 aromatic carbocycles. The molecule has 1 saturated heterocycles. The summed E-state index contributed by atoms with van der Waals surface area (Å²) in [6.07, 6.45) is 12.5. The molecule has 2 atom stereocenters. The number of nitrogens with zero attached hydrogens (tertiary/aromatic N) is 4. The summed E-state index contributed by atoms with van der Waals surface area (Å²) in [7, 11) is 1.72. The molecule has 0 bridgehead atoms. The number of carbonyl (C=O) groups is 2. The molecule has 7 nitrogen and oxygen atoms in total. The van der Waals surface area contributed by atoms with Crippen molar-refractivity contribution in [1.29, 1.82) is 0 Å². The molecule has 2 fully saturated rings. The van der Waals surface area contributed by atoms with Crippen LogP contribution in [0.5, 0.6) is 0 Å². The molecule has 0 radical (unpaired) electrons. The van der Waals surface area contributed by atoms with E-state index in [4.69, 9.17) is 10.7 Å². The van der Waals surface area contributed by atoms with Gasteiger partial charge in [-0.2, -0.15) is 0 Å². The Hall–Kier alpha value is -2.44. The highest BCUT2D eigenvalue weighted by Crippen LogP contribution is 2.39. The fourth-order valence-corrected chi connectivity index (χ4v) is 5.62. The Morgan fingerprint density at radius 2 is 1.94 bits per heavy atom. The summed E-state index contributed by atoms with van der Waals surface area (Å²) in [4.78, 5) is 38.5. The maximum Gasteiger partial charge on any atom is 0.272 e. The Labute approximate surface area is 185 Å². The minimum Gasteiger partial charge on any atom is -0.369 e. The number of nitrogens with two attached hydrogens (primary N) is 1. The van der Waals surface area contributed by atoms with Gasteiger partial charge < -0.3 is 10.6 Å². The van der Waals surface area contributed by atoms with Gasteiger partial charge in [-0.1, -0.05) is 38.2 Å². The standard InChI is InChI=1S/C24H35N5O2/c1-28-22(31)24(27-23(28)25,13-12-18-8-3-2-4-9-18)16-19-10-7-15-29(17-19)21(30)20-11-5-6-14-26-20/h5-6,11,14,18-19H,2-4,7-10,12-13,15-17H2,1H3,(H2,25,27)/t19-,24+/m1/s1. The summed E-state index contributed by atoms with van der Waals surface area (Å²) in [6.45, 7) is 1.38. The molecule has 3 aliphatic rings. The first-order valence-corrected chi connectivity index (χ1v) is 11.8. The molecular formula is C24H35N5O2. The van der Waals surface area contributed by atoms with E-state index in [1.54, 1.807) is 19.3 Å². The molecule has 2 amide bonds. The summed E-state index contributed by atoms with van der Waals surface area (Å²) < 4.78 is 0. The van der Waals surface area contributed by atoms with Gasteiger partial charge in [0.05, 0.1) is 0 Å². The molecule has 31 heavy (non-hydrogen) atoms. The van der Waals surface area contributed by atoms with Crippen LogP contribution in [-0.4, -0.2) is 58.2 Å². The third-order valence-corrected chi connectivity index (χ3v) is 7.38. The number of aliphatic imine (C=N–C) groups is 1. The Bertz CT molecular complexity index is 821. The molecule has 0 unspecified atom stereocenters. The van der Waals surface area contributed by atoms with Crippen LogP contribution in [-0.2, 0) is 4.79 Å². The van der Waals surface area contributed by atoms with Gasteiger partial charge in [0.2, 0.25) is 0 Å². The van der Waals surface area contributed by atoms with E-state index in [0.717, 1.165) is 32.2 Å². The van der Waals surface area contributed by atoms with Gasteiger partial charge in [0.1, 0.15) is 11.2 Å². The zero-order chi connectivity index (χ0) is 21.8. The number of amides is 2. The van der Waals surface area contributed by atoms with E-state index in [1.165, 1.54) is 37.0 Å². The minimum atomic E-state index is -0.766. The summed E-state index contributed by atoms with van der Waals surface area (Å²) in [5.74, 6) is 1.24. The zero-order valence-electron chi connectivity index (χ0n) is 18.6. The van der Waals surface area contributed by atoms with Crippen molar-refractivity contribution in [1.82, 2.24) is 14.8 Å². The Balaban J connectivity index is 1.46. The smallest absolute Gasteiger partial charge is 0.272 e. The number of likely N-dealkylation sites (tertiary alicyclic amines) is 1. The second-order valence-corrected chi connectivity index (χ2v) is 9.59. The summed E-state index contributed by atoms with van der Waals surface area (Å²) in [5, 5.41) is 0. The van der Waals surface area contributed by atoms with Crippen LogP contribution in [0.4, 0.5) is 0 Å². The van der Waals surface area contributed by atoms with Crippen molar-refractivity contribution in [3.63, 3.8) is 0 Å². The fraction of sp³-hybridized carbons (Fsp3) is 0.667. The Kier molecular flexibility index (Phi) is 6.58. The van der Waals surface area contributed by atoms with Gasteiger partial charge in [-0.25, -0.2) is 4.99 Å². The first-order valence-electron chi connectivity index (χ1n) is 11.8. The van der Waals surface area contributed by atoms with E-state index in [1.807, 2.05) is 17.0 Å². The van der Waals surface area contributed by atoms with Crippen molar-refractivity contribution in [2.24, 2.45) is 22.6 Å². The molecule has 1 saturated carbocycles. The van der Waals surface area contributed by atoms with Gasteiger partial charge in [-0.3, -0.25) is 19.5 Å². The molecular weight excluding hydrogens is 390 g/mol. The number of guanidine groups is 1. The van der Waals surface area contributed by atoms with Crippen molar-refractivity contribution in [3.8, 4) is 0 Å². The van der Waals surface area contributed by atoms with E-state index < -0.39 is 5.54 Å². The third kappa shape index (κ3) is 4.75. The van der Waals surface area contributed by atoms with Crippen molar-refractivity contribution in [2.75, 3.05) is 20.1 Å². The van der Waals surface area contributed by atoms with Gasteiger partial charge in [-0.15, -0.1) is 0 Å². The quantitative estimate of drug-likeness (QED) is 0.757. The van der Waals surface area contributed by atoms with Gasteiger partial charge >= 0.3 is 0 Å². The van der Waals surface area contributed by atoms with Crippen LogP contribution < -0.4 is 5.73 Å². The fourth-order valence-electron chi connectivity index (χ4n) is 5.62. The van der Waals surface area contributed by atoms with Gasteiger partial charge in [-0.05, 0) is 56.1 Å². The monoisotopic (exact) mass is 425 g/mol. The minimum absolute atomic E-state index is 0.0222. The van der Waals surface area contributed by atoms with E-state index in [0.29, 0.717) is 30.5 Å². The lowest BCUT2D eigenvalue weighted by Crippen LogP contribution is -2.47. The summed E-state index contributed by atoms with van der Waals surface area (Å²) in [5.41, 5.74) is 5.81. The summed E-state index contributed by atoms with van der Waals surface area (Å²) >= 11 is 0. The molecule has 1 aromatic heterocycles. The molecule has 168 valence electrons. The lowest BCUT2D eigenvalue weighted by Gasteiger charge is -2.37. The molecule has 0 spiro atoms. The number of aromatic nitrogens is 1. The van der Waals surface area contributed by atoms with Crippen molar-refractivity contribution in [3.05, 3.63) is 30.1 Å². The number of pyridine rings is 1. The maximum atomic E-state index is 13.3. The predicted octanol–water partition coefficient (Wildman–Crippen LogP) is 3.21. The van der Waals surface area contributed by atoms with Crippen molar-refractivity contribution < 1.29 is 9.59 Å². The first-order chi connectivity index (χ1) is 15.0. The van der Waals surface area contributed by atoms with Crippen LogP contribution in [0, 0.1) is 11.8 Å². The van der Waals surface area contributed by atoms with Crippen LogP contribution in [0.2, 0.25) is 0 Å². The van der Waals surface area contributed by atoms with Crippen molar-refractivity contribution >= 4 is 17.8 Å². The number of piperidine rings is 1. The van der Waals surface area contributed by atoms with Crippen LogP contribution in [0.15, 0.2) is 29.4 Å². The lowest BCUT2D eigenvalue weighted by atomic mass is 9.77. The molecule has 1 aromatic rings. The van der Waals surface area contributed by atoms with Gasteiger partial charge in [0.15, 0.2) is 5.96 Å². The van der Waals surface area contributed by atoms with Crippen molar-refractivity contribution in [2.45, 2.75) is 69.7 Å². The lowest BCUT2D eigenvalue weighted by molar-refractivity contribution is -0.131. The molecule has 2 N–H and O–H groups in total. The zero-order valence-corrected chi connectivity index (χ0v) is 18.6. The van der Waals surface area contributed by atoms with Crippen LogP contribution in [0.1, 0.15) is 74.7 Å². The van der Waals surface area contributed by atoms with Crippen LogP contribution in [0.25, 0.3) is 0 Å². The van der Waals surface area contributed by atoms with Crippen LogP contribution in [0.3, 0.4) is 0 Å². The molecule has 4 rings (SSSR count). The van der Waals surface area contributed by atoms with E-state index in [9.17, 15) is 9.59 Å².